The maximum atomic E-state index is 12.7. The van der Waals surface area contributed by atoms with Gasteiger partial charge in [0.2, 0.25) is 5.91 Å². The average molecular weight is 422 g/mol. The lowest BCUT2D eigenvalue weighted by Crippen LogP contribution is -2.25. The van der Waals surface area contributed by atoms with Gasteiger partial charge < -0.3 is 5.32 Å². The monoisotopic (exact) mass is 421 g/mol. The van der Waals surface area contributed by atoms with Crippen LogP contribution in [0, 0.1) is 11.3 Å². The number of rotatable bonds is 8. The van der Waals surface area contributed by atoms with Gasteiger partial charge in [0, 0.05) is 10.7 Å². The standard InChI is InChI=1S/C20H21Cl2N3OS/c1-3-5-6-15-9-7-13(12-23)20(24-15)27-18(4-2)19(26)25-17-10-8-14(21)11-16(17)22/h7-11,18H,3-6H2,1-2H3,(H,25,26). The van der Waals surface area contributed by atoms with Crippen LogP contribution in [0.1, 0.15) is 44.4 Å². The van der Waals surface area contributed by atoms with Crippen LogP contribution in [0.15, 0.2) is 35.4 Å². The predicted molar refractivity (Wildman–Crippen MR) is 113 cm³/mol. The van der Waals surface area contributed by atoms with E-state index in [1.807, 2.05) is 13.0 Å². The molecule has 4 nitrogen and oxygen atoms in total. The third-order valence-corrected chi connectivity index (χ3v) is 5.85. The summed E-state index contributed by atoms with van der Waals surface area (Å²) < 4.78 is 0. The number of amides is 1. The summed E-state index contributed by atoms with van der Waals surface area (Å²) in [5, 5.41) is 13.3. The van der Waals surface area contributed by atoms with Gasteiger partial charge in [-0.2, -0.15) is 5.26 Å². The quantitative estimate of drug-likeness (QED) is 0.521. The van der Waals surface area contributed by atoms with Gasteiger partial charge in [0.1, 0.15) is 11.1 Å². The van der Waals surface area contributed by atoms with Crippen molar-refractivity contribution in [3.63, 3.8) is 0 Å². The highest BCUT2D eigenvalue weighted by atomic mass is 35.5. The number of nitrogens with zero attached hydrogens (tertiary/aromatic N) is 2. The van der Waals surface area contributed by atoms with Crippen LogP contribution < -0.4 is 5.32 Å². The number of halogens is 2. The fourth-order valence-corrected chi connectivity index (χ4v) is 3.88. The molecule has 0 saturated carbocycles. The molecular formula is C20H21Cl2N3OS. The molecule has 0 aliphatic carbocycles. The molecule has 0 aliphatic heterocycles. The van der Waals surface area contributed by atoms with E-state index in [1.165, 1.54) is 11.8 Å². The highest BCUT2D eigenvalue weighted by Gasteiger charge is 2.21. The summed E-state index contributed by atoms with van der Waals surface area (Å²) in [6, 6.07) is 10.7. The van der Waals surface area contributed by atoms with Crippen LogP contribution in [0.3, 0.4) is 0 Å². The van der Waals surface area contributed by atoms with Crippen LogP contribution in [0.5, 0.6) is 0 Å². The maximum Gasteiger partial charge on any atom is 0.237 e. The van der Waals surface area contributed by atoms with Gasteiger partial charge in [0.25, 0.3) is 0 Å². The second-order valence-corrected chi connectivity index (χ2v) is 8.03. The molecule has 7 heteroatoms. The number of benzene rings is 1. The molecule has 0 radical (unpaired) electrons. The lowest BCUT2D eigenvalue weighted by Gasteiger charge is -2.16. The van der Waals surface area contributed by atoms with Gasteiger partial charge in [-0.05, 0) is 49.6 Å². The van der Waals surface area contributed by atoms with Crippen LogP contribution in [-0.2, 0) is 11.2 Å². The number of nitrogens with one attached hydrogen (secondary N) is 1. The third kappa shape index (κ3) is 6.14. The lowest BCUT2D eigenvalue weighted by molar-refractivity contribution is -0.115. The van der Waals surface area contributed by atoms with Crippen LogP contribution in [0.2, 0.25) is 10.0 Å². The Hall–Kier alpha value is -1.74. The van der Waals surface area contributed by atoms with E-state index in [0.717, 1.165) is 25.0 Å². The van der Waals surface area contributed by atoms with Crippen molar-refractivity contribution in [2.24, 2.45) is 0 Å². The van der Waals surface area contributed by atoms with Gasteiger partial charge in [0.05, 0.1) is 21.5 Å². The Morgan fingerprint density at radius 2 is 2.07 bits per heavy atom. The molecule has 2 aromatic rings. The molecule has 27 heavy (non-hydrogen) atoms. The van der Waals surface area contributed by atoms with Gasteiger partial charge >= 0.3 is 0 Å². The van der Waals surface area contributed by atoms with E-state index in [-0.39, 0.29) is 5.91 Å². The van der Waals surface area contributed by atoms with Crippen LogP contribution in [0.25, 0.3) is 0 Å². The molecule has 0 aliphatic rings. The molecule has 0 fully saturated rings. The molecule has 1 unspecified atom stereocenters. The average Bonchev–Trinajstić information content (AvgIpc) is 2.66. The van der Waals surface area contributed by atoms with Crippen LogP contribution in [-0.4, -0.2) is 16.1 Å². The summed E-state index contributed by atoms with van der Waals surface area (Å²) in [7, 11) is 0. The zero-order valence-electron chi connectivity index (χ0n) is 15.3. The first-order valence-corrected chi connectivity index (χ1v) is 10.4. The van der Waals surface area contributed by atoms with E-state index in [4.69, 9.17) is 23.2 Å². The molecular weight excluding hydrogens is 401 g/mol. The second-order valence-electron chi connectivity index (χ2n) is 6.00. The van der Waals surface area contributed by atoms with E-state index in [9.17, 15) is 10.1 Å². The normalized spacial score (nSPS) is 11.7. The number of pyridine rings is 1. The number of aromatic nitrogens is 1. The highest BCUT2D eigenvalue weighted by Crippen LogP contribution is 2.30. The van der Waals surface area contributed by atoms with Crippen molar-refractivity contribution < 1.29 is 4.79 Å². The van der Waals surface area contributed by atoms with Gasteiger partial charge in [-0.15, -0.1) is 0 Å². The predicted octanol–water partition coefficient (Wildman–Crippen LogP) is 6.11. The lowest BCUT2D eigenvalue weighted by atomic mass is 10.2. The Balaban J connectivity index is 2.17. The minimum atomic E-state index is -0.391. The molecule has 1 amide bonds. The number of hydrogen-bond donors (Lipinski definition) is 1. The molecule has 1 aromatic carbocycles. The molecule has 0 bridgehead atoms. The fourth-order valence-electron chi connectivity index (χ4n) is 2.41. The number of thioether (sulfide) groups is 1. The summed E-state index contributed by atoms with van der Waals surface area (Å²) in [4.78, 5) is 17.3. The van der Waals surface area contributed by atoms with Crippen LogP contribution >= 0.6 is 35.0 Å². The number of unbranched alkanes of at least 4 members (excludes halogenated alkanes) is 1. The minimum Gasteiger partial charge on any atom is -0.324 e. The van der Waals surface area contributed by atoms with Gasteiger partial charge in [0.15, 0.2) is 0 Å². The molecule has 2 rings (SSSR count). The van der Waals surface area contributed by atoms with Crippen molar-refractivity contribution in [1.82, 2.24) is 4.98 Å². The molecule has 0 spiro atoms. The largest absolute Gasteiger partial charge is 0.324 e. The molecule has 1 atom stereocenters. The minimum absolute atomic E-state index is 0.184. The van der Waals surface area contributed by atoms with Crippen LogP contribution in [0.4, 0.5) is 5.69 Å². The Bertz CT molecular complexity index is 852. The first kappa shape index (κ1) is 21.6. The zero-order chi connectivity index (χ0) is 19.8. The van der Waals surface area contributed by atoms with Crippen molar-refractivity contribution in [3.05, 3.63) is 51.6 Å². The third-order valence-electron chi connectivity index (χ3n) is 3.93. The van der Waals surface area contributed by atoms with E-state index in [0.29, 0.717) is 32.7 Å². The maximum absolute atomic E-state index is 12.7. The van der Waals surface area contributed by atoms with Crippen molar-refractivity contribution in [2.45, 2.75) is 49.8 Å². The second kappa shape index (κ2) is 10.6. The number of hydrogen-bond acceptors (Lipinski definition) is 4. The first-order chi connectivity index (χ1) is 13.0. The number of nitriles is 1. The van der Waals surface area contributed by atoms with E-state index in [1.54, 1.807) is 24.3 Å². The molecule has 0 saturated heterocycles. The number of carbonyl (C=O) groups excluding carboxylic acids is 1. The summed E-state index contributed by atoms with van der Waals surface area (Å²) >= 11 is 13.3. The van der Waals surface area contributed by atoms with E-state index in [2.05, 4.69) is 23.3 Å². The SMILES string of the molecule is CCCCc1ccc(C#N)c(SC(CC)C(=O)Nc2ccc(Cl)cc2Cl)n1. The molecule has 1 heterocycles. The first-order valence-electron chi connectivity index (χ1n) is 8.81. The van der Waals surface area contributed by atoms with Gasteiger partial charge in [-0.1, -0.05) is 55.2 Å². The van der Waals surface area contributed by atoms with Crippen molar-refractivity contribution in [3.8, 4) is 6.07 Å². The number of aryl methyl sites for hydroxylation is 1. The fraction of sp³-hybridized carbons (Fsp3) is 0.350. The summed E-state index contributed by atoms with van der Waals surface area (Å²) in [5.41, 5.74) is 1.93. The van der Waals surface area contributed by atoms with E-state index < -0.39 is 5.25 Å². The molecule has 142 valence electrons. The Morgan fingerprint density at radius 3 is 2.70 bits per heavy atom. The molecule has 1 aromatic heterocycles. The smallest absolute Gasteiger partial charge is 0.237 e. The topological polar surface area (TPSA) is 65.8 Å². The molecule has 1 N–H and O–H groups in total. The highest BCUT2D eigenvalue weighted by molar-refractivity contribution is 8.00. The Kier molecular flexibility index (Phi) is 8.43. The van der Waals surface area contributed by atoms with Crippen molar-refractivity contribution in [2.75, 3.05) is 5.32 Å². The van der Waals surface area contributed by atoms with Crippen molar-refractivity contribution in [1.29, 1.82) is 5.26 Å². The van der Waals surface area contributed by atoms with Gasteiger partial charge in [-0.25, -0.2) is 4.98 Å². The Labute approximate surface area is 174 Å². The van der Waals surface area contributed by atoms with E-state index >= 15 is 0 Å². The number of anilines is 1. The summed E-state index contributed by atoms with van der Waals surface area (Å²) in [5.74, 6) is -0.184. The van der Waals surface area contributed by atoms with Gasteiger partial charge in [-0.3, -0.25) is 4.79 Å². The van der Waals surface area contributed by atoms with Crippen molar-refractivity contribution >= 4 is 46.6 Å². The Morgan fingerprint density at radius 1 is 1.30 bits per heavy atom. The summed E-state index contributed by atoms with van der Waals surface area (Å²) in [6.07, 6.45) is 3.56. The number of carbonyl (C=O) groups is 1. The summed E-state index contributed by atoms with van der Waals surface area (Å²) in [6.45, 7) is 4.05. The zero-order valence-corrected chi connectivity index (χ0v) is 17.6.